The molecule has 252 valence electrons. The second-order valence-electron chi connectivity index (χ2n) is 12.4. The highest BCUT2D eigenvalue weighted by molar-refractivity contribution is 6.30. The molecule has 0 saturated heterocycles. The number of hydrogen-bond donors (Lipinski definition) is 3. The van der Waals surface area contributed by atoms with Gasteiger partial charge in [0.1, 0.15) is 40.6 Å². The van der Waals surface area contributed by atoms with Crippen LogP contribution in [0.1, 0.15) is 45.5 Å². The SMILES string of the molecule is CCC(=O)Nc1ccc(C[C@H](NC(=O)OC(C)(C)C)C(=O)N2CCn3c(nc(-c4cccc(F)c4)c3Nc3ccc(Cl)c(F)c3)C2)cc1. The number of benzene rings is 3. The predicted octanol–water partition coefficient (Wildman–Crippen LogP) is 7.05. The van der Waals surface area contributed by atoms with Crippen LogP contribution < -0.4 is 16.0 Å². The average molecular weight is 679 g/mol. The van der Waals surface area contributed by atoms with Crippen LogP contribution in [0, 0.1) is 11.6 Å². The van der Waals surface area contributed by atoms with Crippen LogP contribution in [0.5, 0.6) is 0 Å². The van der Waals surface area contributed by atoms with Crippen LogP contribution in [0.25, 0.3) is 11.3 Å². The second kappa shape index (κ2) is 14.4. The van der Waals surface area contributed by atoms with E-state index in [4.69, 9.17) is 21.3 Å². The first-order valence-corrected chi connectivity index (χ1v) is 15.9. The Bertz CT molecular complexity index is 1820. The molecule has 0 unspecified atom stereocenters. The molecular formula is C35H37ClF2N6O4. The van der Waals surface area contributed by atoms with Crippen molar-refractivity contribution in [2.75, 3.05) is 17.2 Å². The zero-order valence-corrected chi connectivity index (χ0v) is 27.8. The molecule has 1 aliphatic rings. The number of ether oxygens (including phenoxy) is 1. The third kappa shape index (κ3) is 8.48. The van der Waals surface area contributed by atoms with Crippen molar-refractivity contribution < 1.29 is 27.9 Å². The van der Waals surface area contributed by atoms with Gasteiger partial charge in [-0.25, -0.2) is 18.6 Å². The minimum Gasteiger partial charge on any atom is -0.444 e. The molecule has 5 rings (SSSR count). The van der Waals surface area contributed by atoms with Crippen molar-refractivity contribution in [3.8, 4) is 11.3 Å². The van der Waals surface area contributed by atoms with Gasteiger partial charge in [-0.1, -0.05) is 42.8 Å². The smallest absolute Gasteiger partial charge is 0.408 e. The third-order valence-corrected chi connectivity index (χ3v) is 7.86. The molecule has 0 aliphatic carbocycles. The number of nitrogens with zero attached hydrogens (tertiary/aromatic N) is 3. The largest absolute Gasteiger partial charge is 0.444 e. The zero-order valence-electron chi connectivity index (χ0n) is 27.1. The Hall–Kier alpha value is -4.97. The standard InChI is InChI=1S/C35H37ClF2N6O4/c1-5-30(45)39-24-11-9-21(10-12-24)17-28(41-34(47)48-35(2,3)4)33(46)43-15-16-44-29(20-43)42-31(22-7-6-8-23(37)18-22)32(44)40-25-13-14-26(36)27(38)19-25/h6-14,18-19,28,40H,5,15-17,20H2,1-4H3,(H,39,45)(H,41,47)/t28-/m0/s1. The number of hydrogen-bond acceptors (Lipinski definition) is 6. The number of carbonyl (C=O) groups excluding carboxylic acids is 3. The Morgan fingerprint density at radius 2 is 1.73 bits per heavy atom. The van der Waals surface area contributed by atoms with Gasteiger partial charge in [0.05, 0.1) is 11.6 Å². The lowest BCUT2D eigenvalue weighted by Gasteiger charge is -2.32. The summed E-state index contributed by atoms with van der Waals surface area (Å²) in [4.78, 5) is 45.1. The molecule has 3 N–H and O–H groups in total. The molecule has 4 aromatic rings. The number of rotatable bonds is 9. The number of imidazole rings is 1. The molecule has 10 nitrogen and oxygen atoms in total. The molecule has 1 atom stereocenters. The molecule has 0 radical (unpaired) electrons. The third-order valence-electron chi connectivity index (χ3n) is 7.55. The Morgan fingerprint density at radius 3 is 2.40 bits per heavy atom. The summed E-state index contributed by atoms with van der Waals surface area (Å²) >= 11 is 5.89. The van der Waals surface area contributed by atoms with Gasteiger partial charge in [-0.3, -0.25) is 9.59 Å². The minimum atomic E-state index is -0.977. The molecule has 0 spiro atoms. The van der Waals surface area contributed by atoms with Gasteiger partial charge in [-0.05, 0) is 68.8 Å². The van der Waals surface area contributed by atoms with E-state index >= 15 is 0 Å². The van der Waals surface area contributed by atoms with Crippen LogP contribution in [0.15, 0.2) is 66.7 Å². The lowest BCUT2D eigenvalue weighted by molar-refractivity contribution is -0.135. The number of anilines is 3. The van der Waals surface area contributed by atoms with Gasteiger partial charge in [0.15, 0.2) is 0 Å². The first-order chi connectivity index (χ1) is 22.8. The van der Waals surface area contributed by atoms with Crippen molar-refractivity contribution in [1.82, 2.24) is 19.8 Å². The van der Waals surface area contributed by atoms with Crippen LogP contribution in [0.3, 0.4) is 0 Å². The molecule has 0 saturated carbocycles. The van der Waals surface area contributed by atoms with E-state index in [1.165, 1.54) is 24.3 Å². The highest BCUT2D eigenvalue weighted by Gasteiger charge is 2.33. The van der Waals surface area contributed by atoms with Crippen LogP contribution >= 0.6 is 11.6 Å². The maximum atomic E-state index is 14.3. The van der Waals surface area contributed by atoms with Crippen molar-refractivity contribution in [1.29, 1.82) is 0 Å². The zero-order chi connectivity index (χ0) is 34.6. The minimum absolute atomic E-state index is 0.0240. The molecule has 1 aliphatic heterocycles. The number of nitrogens with one attached hydrogen (secondary N) is 3. The van der Waals surface area contributed by atoms with Gasteiger partial charge < -0.3 is 30.2 Å². The van der Waals surface area contributed by atoms with Crippen molar-refractivity contribution in [3.05, 3.63) is 94.8 Å². The van der Waals surface area contributed by atoms with Gasteiger partial charge in [0.2, 0.25) is 11.8 Å². The van der Waals surface area contributed by atoms with E-state index in [1.807, 2.05) is 4.57 Å². The van der Waals surface area contributed by atoms with E-state index in [0.29, 0.717) is 47.2 Å². The highest BCUT2D eigenvalue weighted by Crippen LogP contribution is 2.34. The summed E-state index contributed by atoms with van der Waals surface area (Å²) in [7, 11) is 0. The van der Waals surface area contributed by atoms with Crippen molar-refractivity contribution in [2.24, 2.45) is 0 Å². The lowest BCUT2D eigenvalue weighted by atomic mass is 10.0. The molecule has 2 heterocycles. The van der Waals surface area contributed by atoms with Gasteiger partial charge in [-0.15, -0.1) is 0 Å². The predicted molar refractivity (Wildman–Crippen MR) is 180 cm³/mol. The number of alkyl carbamates (subject to hydrolysis) is 1. The Morgan fingerprint density at radius 1 is 1.00 bits per heavy atom. The average Bonchev–Trinajstić information content (AvgIpc) is 3.39. The van der Waals surface area contributed by atoms with E-state index < -0.39 is 29.4 Å². The maximum absolute atomic E-state index is 14.3. The fourth-order valence-electron chi connectivity index (χ4n) is 5.27. The fourth-order valence-corrected chi connectivity index (χ4v) is 5.39. The van der Waals surface area contributed by atoms with Crippen molar-refractivity contribution >= 4 is 46.7 Å². The van der Waals surface area contributed by atoms with E-state index in [-0.39, 0.29) is 36.3 Å². The van der Waals surface area contributed by atoms with E-state index in [1.54, 1.807) is 75.1 Å². The Labute approximate surface area is 282 Å². The summed E-state index contributed by atoms with van der Waals surface area (Å²) in [6.07, 6.45) is -0.233. The number of carbonyl (C=O) groups is 3. The van der Waals surface area contributed by atoms with E-state index in [2.05, 4.69) is 16.0 Å². The summed E-state index contributed by atoms with van der Waals surface area (Å²) in [6, 6.07) is 16.4. The molecule has 1 aromatic heterocycles. The van der Waals surface area contributed by atoms with Gasteiger partial charge in [0, 0.05) is 42.9 Å². The first-order valence-electron chi connectivity index (χ1n) is 15.5. The summed E-state index contributed by atoms with van der Waals surface area (Å²) < 4.78 is 35.9. The number of aromatic nitrogens is 2. The molecular weight excluding hydrogens is 642 g/mol. The number of fused-ring (bicyclic) bond motifs is 1. The number of halogens is 3. The Balaban J connectivity index is 1.43. The highest BCUT2D eigenvalue weighted by atomic mass is 35.5. The van der Waals surface area contributed by atoms with Crippen LogP contribution in [-0.4, -0.2) is 50.5 Å². The molecule has 0 fully saturated rings. The van der Waals surface area contributed by atoms with Crippen LogP contribution in [0.4, 0.5) is 30.8 Å². The van der Waals surface area contributed by atoms with Gasteiger partial charge in [-0.2, -0.15) is 0 Å². The normalized spacial score (nSPS) is 13.4. The molecule has 0 bridgehead atoms. The Kier molecular flexibility index (Phi) is 10.3. The van der Waals surface area contributed by atoms with Crippen molar-refractivity contribution in [2.45, 2.75) is 65.3 Å². The summed E-state index contributed by atoms with van der Waals surface area (Å²) in [5, 5.41) is 8.72. The topological polar surface area (TPSA) is 118 Å². The second-order valence-corrected chi connectivity index (χ2v) is 12.8. The van der Waals surface area contributed by atoms with Crippen LogP contribution in [-0.2, 0) is 33.8 Å². The maximum Gasteiger partial charge on any atom is 0.408 e. The summed E-state index contributed by atoms with van der Waals surface area (Å²) in [6.45, 7) is 7.63. The van der Waals surface area contributed by atoms with E-state index in [0.717, 1.165) is 5.56 Å². The molecule has 13 heteroatoms. The van der Waals surface area contributed by atoms with Gasteiger partial charge in [0.25, 0.3) is 0 Å². The summed E-state index contributed by atoms with van der Waals surface area (Å²) in [5.41, 5.74) is 1.93. The van der Waals surface area contributed by atoms with Crippen molar-refractivity contribution in [3.63, 3.8) is 0 Å². The van der Waals surface area contributed by atoms with Gasteiger partial charge >= 0.3 is 6.09 Å². The van der Waals surface area contributed by atoms with Crippen LogP contribution in [0.2, 0.25) is 5.02 Å². The first kappa shape index (κ1) is 34.4. The van der Waals surface area contributed by atoms with E-state index in [9.17, 15) is 23.2 Å². The summed E-state index contributed by atoms with van der Waals surface area (Å²) in [5.74, 6) is -0.505. The molecule has 48 heavy (non-hydrogen) atoms. The monoisotopic (exact) mass is 678 g/mol. The molecule has 3 amide bonds. The molecule has 3 aromatic carbocycles. The quantitative estimate of drug-likeness (QED) is 0.175. The lowest BCUT2D eigenvalue weighted by Crippen LogP contribution is -2.52. The number of amides is 3. The fraction of sp³-hybridized carbons (Fsp3) is 0.314.